The number of carbonyl (C=O) groups excluding carboxylic acids is 1. The summed E-state index contributed by atoms with van der Waals surface area (Å²) in [6, 6.07) is 16.0. The summed E-state index contributed by atoms with van der Waals surface area (Å²) in [7, 11) is 1.83. The van der Waals surface area contributed by atoms with Crippen molar-refractivity contribution < 1.29 is 9.53 Å². The number of fused-ring (bicyclic) bond motifs is 2. The smallest absolute Gasteiger partial charge is 0.225 e. The van der Waals surface area contributed by atoms with Crippen molar-refractivity contribution in [2.24, 2.45) is 11.7 Å². The lowest BCUT2D eigenvalue weighted by Crippen LogP contribution is -2.48. The molecule has 1 radical (unpaired) electrons. The molecule has 2 N–H and O–H groups in total. The monoisotopic (exact) mass is 457 g/mol. The summed E-state index contributed by atoms with van der Waals surface area (Å²) in [5.41, 5.74) is 11.7. The number of imidazole rings is 1. The van der Waals surface area contributed by atoms with Crippen LogP contribution in [-0.4, -0.2) is 53.2 Å². The Morgan fingerprint density at radius 3 is 2.88 bits per heavy atom. The highest BCUT2D eigenvalue weighted by atomic mass is 16.5. The van der Waals surface area contributed by atoms with Gasteiger partial charge in [0.25, 0.3) is 0 Å². The average molecular weight is 458 g/mol. The van der Waals surface area contributed by atoms with E-state index in [4.69, 9.17) is 15.5 Å². The Morgan fingerprint density at radius 2 is 2.12 bits per heavy atom. The molecule has 3 aromatic rings. The topological polar surface area (TPSA) is 73.4 Å². The number of rotatable bonds is 6. The predicted octanol–water partition coefficient (Wildman–Crippen LogP) is 3.73. The largest absolute Gasteiger partial charge is 0.378 e. The zero-order valence-corrected chi connectivity index (χ0v) is 20.0. The van der Waals surface area contributed by atoms with Crippen LogP contribution in [0.3, 0.4) is 0 Å². The van der Waals surface area contributed by atoms with Crippen molar-refractivity contribution in [3.8, 4) is 0 Å². The van der Waals surface area contributed by atoms with Crippen LogP contribution in [0.2, 0.25) is 0 Å². The summed E-state index contributed by atoms with van der Waals surface area (Å²) >= 11 is 0. The molecule has 3 aliphatic rings. The van der Waals surface area contributed by atoms with Crippen molar-refractivity contribution in [3.05, 3.63) is 65.0 Å². The van der Waals surface area contributed by atoms with Crippen molar-refractivity contribution >= 4 is 16.9 Å². The molecule has 1 saturated heterocycles. The van der Waals surface area contributed by atoms with Crippen LogP contribution in [0.25, 0.3) is 11.0 Å². The molecule has 1 aromatic heterocycles. The van der Waals surface area contributed by atoms with Gasteiger partial charge in [0.15, 0.2) is 0 Å². The second kappa shape index (κ2) is 8.51. The van der Waals surface area contributed by atoms with Crippen molar-refractivity contribution in [3.63, 3.8) is 0 Å². The molecule has 2 heterocycles. The van der Waals surface area contributed by atoms with Gasteiger partial charge in [0.05, 0.1) is 29.1 Å². The third kappa shape index (κ3) is 3.73. The third-order valence-corrected chi connectivity index (χ3v) is 8.13. The predicted molar refractivity (Wildman–Crippen MR) is 132 cm³/mol. The Hall–Kier alpha value is -2.70. The number of aryl methyl sites for hydroxylation is 1. The van der Waals surface area contributed by atoms with E-state index in [1.54, 1.807) is 0 Å². The Bertz CT molecular complexity index is 1230. The Morgan fingerprint density at radius 1 is 1.26 bits per heavy atom. The molecular formula is C28H33N4O2. The second-order valence-corrected chi connectivity index (χ2v) is 10.5. The van der Waals surface area contributed by atoms with Gasteiger partial charge in [-0.15, -0.1) is 0 Å². The average Bonchev–Trinajstić information content (AvgIpc) is 3.51. The summed E-state index contributed by atoms with van der Waals surface area (Å²) < 4.78 is 8.59. The molecule has 4 atom stereocenters. The van der Waals surface area contributed by atoms with Gasteiger partial charge in [0.1, 0.15) is 5.82 Å². The molecule has 34 heavy (non-hydrogen) atoms. The number of piperidine rings is 1. The molecule has 0 spiro atoms. The van der Waals surface area contributed by atoms with E-state index in [0.717, 1.165) is 43.6 Å². The first-order valence-electron chi connectivity index (χ1n) is 12.5. The Kier molecular flexibility index (Phi) is 5.46. The molecule has 1 aliphatic heterocycles. The fourth-order valence-corrected chi connectivity index (χ4v) is 6.37. The van der Waals surface area contributed by atoms with E-state index in [1.165, 1.54) is 35.3 Å². The van der Waals surface area contributed by atoms with E-state index in [1.807, 2.05) is 25.3 Å². The maximum Gasteiger partial charge on any atom is 0.225 e. The van der Waals surface area contributed by atoms with Crippen molar-refractivity contribution in [2.75, 3.05) is 26.7 Å². The number of methoxy groups -OCH3 is 1. The first-order valence-corrected chi connectivity index (χ1v) is 12.5. The lowest BCUT2D eigenvalue weighted by molar-refractivity contribution is -0.120. The highest BCUT2D eigenvalue weighted by Gasteiger charge is 2.40. The van der Waals surface area contributed by atoms with E-state index in [9.17, 15) is 4.79 Å². The van der Waals surface area contributed by atoms with E-state index in [0.29, 0.717) is 5.92 Å². The zero-order valence-electron chi connectivity index (χ0n) is 20.0. The molecular weight excluding hydrogens is 424 g/mol. The summed E-state index contributed by atoms with van der Waals surface area (Å²) in [6.07, 6.45) is 4.43. The number of nitrogens with two attached hydrogens (primary N) is 1. The minimum Gasteiger partial charge on any atom is -0.378 e. The zero-order chi connectivity index (χ0) is 23.4. The maximum absolute atomic E-state index is 12.4. The molecule has 1 saturated carbocycles. The fraction of sp³-hybridized carbons (Fsp3) is 0.500. The third-order valence-electron chi connectivity index (χ3n) is 8.13. The number of carbonyl (C=O) groups is 1. The van der Waals surface area contributed by atoms with E-state index >= 15 is 0 Å². The molecule has 2 aliphatic carbocycles. The van der Waals surface area contributed by atoms with Crippen molar-refractivity contribution in [2.45, 2.75) is 56.6 Å². The fourth-order valence-electron chi connectivity index (χ4n) is 6.37. The van der Waals surface area contributed by atoms with Crippen LogP contribution < -0.4 is 5.73 Å². The van der Waals surface area contributed by atoms with Crippen molar-refractivity contribution in [1.29, 1.82) is 0 Å². The number of nitrogens with zero attached hydrogens (tertiary/aromatic N) is 3. The van der Waals surface area contributed by atoms with Gasteiger partial charge in [-0.2, -0.15) is 0 Å². The molecule has 177 valence electrons. The minimum absolute atomic E-state index is 0.0779. The van der Waals surface area contributed by atoms with Gasteiger partial charge in [-0.05, 0) is 73.4 Å². The number of likely N-dealkylation sites (tertiary alicyclic amines) is 1. The van der Waals surface area contributed by atoms with Gasteiger partial charge in [0, 0.05) is 32.7 Å². The van der Waals surface area contributed by atoms with E-state index in [-0.39, 0.29) is 29.9 Å². The molecule has 1 unspecified atom stereocenters. The normalized spacial score (nSPS) is 27.2. The molecule has 2 fully saturated rings. The summed E-state index contributed by atoms with van der Waals surface area (Å²) in [6.45, 7) is 4.81. The van der Waals surface area contributed by atoms with Crippen LogP contribution in [0.1, 0.15) is 59.7 Å². The molecule has 2 aromatic carbocycles. The van der Waals surface area contributed by atoms with Crippen molar-refractivity contribution in [1.82, 2.24) is 14.5 Å². The minimum atomic E-state index is -0.220. The number of aromatic nitrogens is 2. The van der Waals surface area contributed by atoms with Crippen LogP contribution in [-0.2, 0) is 16.0 Å². The standard InChI is InChI=1S/C28H33N4O2/c1-17-7-10-23-22(13-17)30-28(18-8-9-18)32(23)24-11-12-31(16-25(24)34-2)15-20-14-19-5-3-4-6-21(19)26(20)27(29)33/h4-7,10,13,18,20,24-26H,8-9,11-12,14-16H2,1-2H3,(H2,29,33)/t20?,24-,25-,26-/m1/s1. The second-order valence-electron chi connectivity index (χ2n) is 10.5. The number of hydrogen-bond acceptors (Lipinski definition) is 4. The summed E-state index contributed by atoms with van der Waals surface area (Å²) in [5, 5.41) is 0. The van der Waals surface area contributed by atoms with Gasteiger partial charge < -0.3 is 19.9 Å². The Labute approximate surface area is 201 Å². The summed E-state index contributed by atoms with van der Waals surface area (Å²) in [5.74, 6) is 1.58. The van der Waals surface area contributed by atoms with Gasteiger partial charge in [0.2, 0.25) is 5.91 Å². The Balaban J connectivity index is 1.24. The van der Waals surface area contributed by atoms with Crippen LogP contribution >= 0.6 is 0 Å². The number of ether oxygens (including phenoxy) is 1. The van der Waals surface area contributed by atoms with Crippen LogP contribution in [0.5, 0.6) is 0 Å². The number of benzene rings is 2. The molecule has 6 rings (SSSR count). The highest BCUT2D eigenvalue weighted by molar-refractivity contribution is 5.84. The van der Waals surface area contributed by atoms with E-state index < -0.39 is 0 Å². The van der Waals surface area contributed by atoms with Crippen LogP contribution in [0.4, 0.5) is 0 Å². The van der Waals surface area contributed by atoms with Gasteiger partial charge in [-0.25, -0.2) is 4.98 Å². The maximum atomic E-state index is 12.4. The highest BCUT2D eigenvalue weighted by Crippen LogP contribution is 2.44. The van der Waals surface area contributed by atoms with Crippen LogP contribution in [0, 0.1) is 18.9 Å². The molecule has 0 bridgehead atoms. The lowest BCUT2D eigenvalue weighted by atomic mass is 9.90. The quantitative estimate of drug-likeness (QED) is 0.612. The molecule has 6 heteroatoms. The number of hydrogen-bond donors (Lipinski definition) is 1. The molecule has 1 amide bonds. The van der Waals surface area contributed by atoms with E-state index in [2.05, 4.69) is 40.7 Å². The van der Waals surface area contributed by atoms with Gasteiger partial charge >= 0.3 is 0 Å². The lowest BCUT2D eigenvalue weighted by Gasteiger charge is -2.40. The first kappa shape index (κ1) is 21.8. The molecule has 6 nitrogen and oxygen atoms in total. The van der Waals surface area contributed by atoms with Crippen LogP contribution in [0.15, 0.2) is 36.4 Å². The SMILES string of the molecule is CO[C@@H]1CN(CC2Cc3c[c]ccc3[C@@H]2C(N)=O)CC[C@H]1n1c(C2CC2)nc2cc(C)ccc21. The van der Waals surface area contributed by atoms with Gasteiger partial charge in [-0.1, -0.05) is 24.3 Å². The first-order chi connectivity index (χ1) is 16.5. The van der Waals surface area contributed by atoms with Gasteiger partial charge in [-0.3, -0.25) is 4.79 Å². The number of primary amides is 1. The number of amides is 1. The summed E-state index contributed by atoms with van der Waals surface area (Å²) in [4.78, 5) is 19.9.